The number of carbonyl (C=O) groups is 1. The maximum Gasteiger partial charge on any atom is 0.269 e. The van der Waals surface area contributed by atoms with E-state index in [1.165, 1.54) is 0 Å². The van der Waals surface area contributed by atoms with E-state index < -0.39 is 0 Å². The van der Waals surface area contributed by atoms with Crippen LogP contribution in [0.5, 0.6) is 0 Å². The van der Waals surface area contributed by atoms with Crippen LogP contribution in [0.3, 0.4) is 0 Å². The van der Waals surface area contributed by atoms with Crippen molar-refractivity contribution >= 4 is 22.6 Å². The number of carbonyl (C=O) groups excluding carboxylic acids is 1. The summed E-state index contributed by atoms with van der Waals surface area (Å²) in [4.78, 5) is 39.0. The summed E-state index contributed by atoms with van der Waals surface area (Å²) < 4.78 is 0. The van der Waals surface area contributed by atoms with Crippen LogP contribution in [-0.2, 0) is 13.0 Å². The molecule has 8 heteroatoms. The van der Waals surface area contributed by atoms with E-state index in [1.54, 1.807) is 19.3 Å². The second-order valence-electron chi connectivity index (χ2n) is 7.34. The van der Waals surface area contributed by atoms with E-state index in [0.717, 1.165) is 67.1 Å². The molecule has 0 aromatic carbocycles. The van der Waals surface area contributed by atoms with E-state index in [-0.39, 0.29) is 11.5 Å². The predicted molar refractivity (Wildman–Crippen MR) is 113 cm³/mol. The Hall–Kier alpha value is -3.13. The summed E-state index contributed by atoms with van der Waals surface area (Å²) >= 11 is 0. The van der Waals surface area contributed by atoms with Crippen LogP contribution in [0.2, 0.25) is 0 Å². The third kappa shape index (κ3) is 4.02. The molecule has 0 spiro atoms. The van der Waals surface area contributed by atoms with Gasteiger partial charge < -0.3 is 20.2 Å². The minimum absolute atomic E-state index is 0.00443. The minimum atomic E-state index is -0.174. The van der Waals surface area contributed by atoms with Gasteiger partial charge in [-0.1, -0.05) is 6.92 Å². The monoisotopic (exact) mass is 394 g/mol. The topological polar surface area (TPSA) is 97.1 Å². The first-order valence-corrected chi connectivity index (χ1v) is 9.96. The number of hydrogen-bond acceptors (Lipinski definition) is 5. The van der Waals surface area contributed by atoms with Crippen LogP contribution in [0.25, 0.3) is 11.0 Å². The Bertz CT molecular complexity index is 1060. The lowest BCUT2D eigenvalue weighted by atomic mass is 10.2. The van der Waals surface area contributed by atoms with Gasteiger partial charge in [-0.05, 0) is 30.7 Å². The van der Waals surface area contributed by atoms with Crippen molar-refractivity contribution in [2.45, 2.75) is 19.9 Å². The molecule has 1 saturated heterocycles. The summed E-state index contributed by atoms with van der Waals surface area (Å²) in [6.07, 6.45) is 2.49. The van der Waals surface area contributed by atoms with Crippen molar-refractivity contribution in [2.24, 2.45) is 0 Å². The number of rotatable bonds is 5. The van der Waals surface area contributed by atoms with Crippen LogP contribution in [-0.4, -0.2) is 59.0 Å². The van der Waals surface area contributed by atoms with Crippen LogP contribution < -0.4 is 15.8 Å². The number of nitrogens with zero attached hydrogens (tertiary/aromatic N) is 3. The number of anilines is 1. The van der Waals surface area contributed by atoms with Crippen LogP contribution in [0, 0.1) is 0 Å². The summed E-state index contributed by atoms with van der Waals surface area (Å²) in [5, 5.41) is 2.58. The van der Waals surface area contributed by atoms with Crippen molar-refractivity contribution in [3.8, 4) is 0 Å². The first-order chi connectivity index (χ1) is 14.1. The SMILES string of the molecule is CCc1cc2[nH]c(CN3CCN(c4ccc(C(=O)NC)nc4)CC3)cc2[nH]c1=O. The summed E-state index contributed by atoms with van der Waals surface area (Å²) in [6, 6.07) is 7.69. The van der Waals surface area contributed by atoms with E-state index >= 15 is 0 Å². The molecule has 29 heavy (non-hydrogen) atoms. The van der Waals surface area contributed by atoms with Gasteiger partial charge in [0.05, 0.1) is 22.9 Å². The zero-order chi connectivity index (χ0) is 20.4. The summed E-state index contributed by atoms with van der Waals surface area (Å²) in [7, 11) is 1.60. The van der Waals surface area contributed by atoms with Crippen molar-refractivity contribution in [1.29, 1.82) is 0 Å². The van der Waals surface area contributed by atoms with Crippen LogP contribution in [0.15, 0.2) is 35.3 Å². The van der Waals surface area contributed by atoms with Crippen molar-refractivity contribution in [1.82, 2.24) is 25.2 Å². The van der Waals surface area contributed by atoms with E-state index in [0.29, 0.717) is 5.69 Å². The van der Waals surface area contributed by atoms with Gasteiger partial charge in [-0.15, -0.1) is 0 Å². The molecule has 4 rings (SSSR count). The van der Waals surface area contributed by atoms with Crippen molar-refractivity contribution < 1.29 is 4.79 Å². The van der Waals surface area contributed by atoms with Crippen LogP contribution >= 0.6 is 0 Å². The third-order valence-electron chi connectivity index (χ3n) is 5.48. The van der Waals surface area contributed by atoms with Gasteiger partial charge in [0.25, 0.3) is 11.5 Å². The fourth-order valence-corrected chi connectivity index (χ4v) is 3.78. The van der Waals surface area contributed by atoms with Crippen molar-refractivity contribution in [3.63, 3.8) is 0 Å². The number of aromatic nitrogens is 3. The molecule has 3 aromatic rings. The molecule has 3 N–H and O–H groups in total. The first kappa shape index (κ1) is 19.2. The number of nitrogens with one attached hydrogen (secondary N) is 3. The molecule has 1 amide bonds. The number of aryl methyl sites for hydroxylation is 1. The number of pyridine rings is 2. The smallest absolute Gasteiger partial charge is 0.269 e. The van der Waals surface area contributed by atoms with Crippen molar-refractivity contribution in [2.75, 3.05) is 38.1 Å². The molecule has 3 aromatic heterocycles. The number of aromatic amines is 2. The zero-order valence-corrected chi connectivity index (χ0v) is 16.8. The molecular weight excluding hydrogens is 368 g/mol. The average Bonchev–Trinajstić information content (AvgIpc) is 3.14. The Balaban J connectivity index is 1.38. The Morgan fingerprint density at radius 3 is 2.55 bits per heavy atom. The Kier molecular flexibility index (Phi) is 5.35. The highest BCUT2D eigenvalue weighted by Gasteiger charge is 2.19. The molecule has 0 atom stereocenters. The van der Waals surface area contributed by atoms with Gasteiger partial charge in [-0.25, -0.2) is 4.98 Å². The maximum absolute atomic E-state index is 12.0. The van der Waals surface area contributed by atoms with Crippen LogP contribution in [0.4, 0.5) is 5.69 Å². The fraction of sp³-hybridized carbons (Fsp3) is 0.381. The highest BCUT2D eigenvalue weighted by molar-refractivity contribution is 5.92. The number of H-pyrrole nitrogens is 2. The van der Waals surface area contributed by atoms with Gasteiger partial charge in [0.2, 0.25) is 0 Å². The standard InChI is InChI=1S/C21H26N6O2/c1-3-14-10-18-19(25-20(14)28)11-15(24-18)13-26-6-8-27(9-7-26)16-4-5-17(23-12-16)21(29)22-2/h4-5,10-12,24H,3,6-9,13H2,1-2H3,(H,22,29)(H,25,28). The van der Waals surface area contributed by atoms with E-state index in [1.807, 2.05) is 25.1 Å². The highest BCUT2D eigenvalue weighted by atomic mass is 16.1. The number of fused-ring (bicyclic) bond motifs is 1. The second-order valence-corrected chi connectivity index (χ2v) is 7.34. The number of hydrogen-bond donors (Lipinski definition) is 3. The molecule has 1 aliphatic rings. The third-order valence-corrected chi connectivity index (χ3v) is 5.48. The van der Waals surface area contributed by atoms with E-state index in [9.17, 15) is 9.59 Å². The molecule has 0 saturated carbocycles. The highest BCUT2D eigenvalue weighted by Crippen LogP contribution is 2.18. The maximum atomic E-state index is 12.0. The molecule has 152 valence electrons. The van der Waals surface area contributed by atoms with Gasteiger partial charge in [-0.2, -0.15) is 0 Å². The molecule has 4 heterocycles. The normalized spacial score (nSPS) is 15.0. The molecular formula is C21H26N6O2. The zero-order valence-electron chi connectivity index (χ0n) is 16.8. The quantitative estimate of drug-likeness (QED) is 0.609. The summed E-state index contributed by atoms with van der Waals surface area (Å²) in [5.41, 5.74) is 5.21. The molecule has 0 aliphatic carbocycles. The van der Waals surface area contributed by atoms with Crippen molar-refractivity contribution in [3.05, 3.63) is 57.8 Å². The van der Waals surface area contributed by atoms with Gasteiger partial charge in [0, 0.05) is 51.0 Å². The fourth-order valence-electron chi connectivity index (χ4n) is 3.78. The van der Waals surface area contributed by atoms with Gasteiger partial charge in [-0.3, -0.25) is 14.5 Å². The minimum Gasteiger partial charge on any atom is -0.368 e. The van der Waals surface area contributed by atoms with E-state index in [4.69, 9.17) is 0 Å². The largest absolute Gasteiger partial charge is 0.368 e. The molecule has 0 radical (unpaired) electrons. The first-order valence-electron chi connectivity index (χ1n) is 9.96. The Labute approximate surface area is 168 Å². The summed E-state index contributed by atoms with van der Waals surface area (Å²) in [5.74, 6) is -0.174. The molecule has 1 aliphatic heterocycles. The number of amides is 1. The molecule has 0 unspecified atom stereocenters. The average molecular weight is 394 g/mol. The molecule has 1 fully saturated rings. The second kappa shape index (κ2) is 8.08. The van der Waals surface area contributed by atoms with Crippen LogP contribution in [0.1, 0.15) is 28.7 Å². The lowest BCUT2D eigenvalue weighted by Gasteiger charge is -2.35. The lowest BCUT2D eigenvalue weighted by Crippen LogP contribution is -2.46. The summed E-state index contributed by atoms with van der Waals surface area (Å²) in [6.45, 7) is 6.48. The Morgan fingerprint density at radius 2 is 1.90 bits per heavy atom. The number of piperazine rings is 1. The molecule has 0 bridgehead atoms. The van der Waals surface area contributed by atoms with E-state index in [2.05, 4.69) is 30.1 Å². The molecule has 8 nitrogen and oxygen atoms in total. The Morgan fingerprint density at radius 1 is 1.14 bits per heavy atom. The van der Waals surface area contributed by atoms with Gasteiger partial charge in [0.1, 0.15) is 5.69 Å². The lowest BCUT2D eigenvalue weighted by molar-refractivity contribution is 0.0958. The predicted octanol–water partition coefficient (Wildman–Crippen LogP) is 1.50. The van der Waals surface area contributed by atoms with Gasteiger partial charge in [0.15, 0.2) is 0 Å². The van der Waals surface area contributed by atoms with Gasteiger partial charge >= 0.3 is 0 Å².